The topological polar surface area (TPSA) is 52.6 Å². The van der Waals surface area contributed by atoms with Gasteiger partial charge >= 0.3 is 11.9 Å². The van der Waals surface area contributed by atoms with Crippen molar-refractivity contribution in [1.82, 2.24) is 0 Å². The van der Waals surface area contributed by atoms with Crippen molar-refractivity contribution < 1.29 is 19.1 Å². The number of carbonyl (C=O) groups is 2. The van der Waals surface area contributed by atoms with E-state index in [4.69, 9.17) is 9.47 Å². The number of benzene rings is 2. The zero-order valence-corrected chi connectivity index (χ0v) is 13.8. The molecule has 0 aliphatic heterocycles. The molecule has 0 fully saturated rings. The standard InChI is InChI=1S/C20H20O4/c1-15-9-3-5-11-17(15)23-19(21)13-7-8-14-20(22)24-18-12-6-4-10-16(18)2/h3-7,9-13H,8,14H2,1-2H3. The van der Waals surface area contributed by atoms with Crippen LogP contribution in [0.3, 0.4) is 0 Å². The van der Waals surface area contributed by atoms with E-state index in [2.05, 4.69) is 0 Å². The Morgan fingerprint density at radius 3 is 2.00 bits per heavy atom. The molecule has 4 heteroatoms. The van der Waals surface area contributed by atoms with E-state index in [1.807, 2.05) is 44.2 Å². The Bertz CT molecular complexity index is 747. The molecule has 0 bridgehead atoms. The number of ether oxygens (including phenoxy) is 2. The number of allylic oxidation sites excluding steroid dienone is 1. The van der Waals surface area contributed by atoms with Gasteiger partial charge in [-0.2, -0.15) is 0 Å². The molecule has 0 heterocycles. The number of esters is 2. The summed E-state index contributed by atoms with van der Waals surface area (Å²) < 4.78 is 10.5. The highest BCUT2D eigenvalue weighted by atomic mass is 16.5. The molecule has 2 rings (SSSR count). The minimum absolute atomic E-state index is 0.197. The molecule has 0 aliphatic rings. The van der Waals surface area contributed by atoms with E-state index in [0.29, 0.717) is 17.9 Å². The van der Waals surface area contributed by atoms with E-state index in [1.165, 1.54) is 6.08 Å². The molecule has 0 saturated heterocycles. The van der Waals surface area contributed by atoms with E-state index in [9.17, 15) is 9.59 Å². The second-order valence-corrected chi connectivity index (χ2v) is 5.37. The number of aryl methyl sites for hydroxylation is 2. The smallest absolute Gasteiger partial charge is 0.335 e. The first kappa shape index (κ1) is 17.5. The van der Waals surface area contributed by atoms with Crippen molar-refractivity contribution >= 4 is 11.9 Å². The van der Waals surface area contributed by atoms with Crippen LogP contribution in [0.4, 0.5) is 0 Å². The molecule has 0 spiro atoms. The van der Waals surface area contributed by atoms with E-state index in [0.717, 1.165) is 11.1 Å². The highest BCUT2D eigenvalue weighted by Gasteiger charge is 2.06. The van der Waals surface area contributed by atoms with Gasteiger partial charge in [0.15, 0.2) is 0 Å². The molecule has 24 heavy (non-hydrogen) atoms. The van der Waals surface area contributed by atoms with E-state index in [-0.39, 0.29) is 12.4 Å². The van der Waals surface area contributed by atoms with Crippen LogP contribution in [-0.2, 0) is 9.59 Å². The van der Waals surface area contributed by atoms with Crippen LogP contribution in [0, 0.1) is 13.8 Å². The summed E-state index contributed by atoms with van der Waals surface area (Å²) in [4.78, 5) is 23.5. The number of hydrogen-bond acceptors (Lipinski definition) is 4. The Hall–Kier alpha value is -2.88. The van der Waals surface area contributed by atoms with Gasteiger partial charge in [-0.15, -0.1) is 0 Å². The Morgan fingerprint density at radius 2 is 1.42 bits per heavy atom. The molecule has 2 aromatic rings. The van der Waals surface area contributed by atoms with Crippen LogP contribution >= 0.6 is 0 Å². The lowest BCUT2D eigenvalue weighted by Gasteiger charge is -2.06. The summed E-state index contributed by atoms with van der Waals surface area (Å²) >= 11 is 0. The molecule has 0 aromatic heterocycles. The van der Waals surface area contributed by atoms with Crippen molar-refractivity contribution in [2.45, 2.75) is 26.7 Å². The first-order valence-electron chi connectivity index (χ1n) is 7.76. The summed E-state index contributed by atoms with van der Waals surface area (Å²) in [6.07, 6.45) is 3.54. The molecule has 0 saturated carbocycles. The van der Waals surface area contributed by atoms with Gasteiger partial charge in [-0.05, 0) is 43.5 Å². The molecule has 124 valence electrons. The Kier molecular flexibility index (Phi) is 6.32. The Balaban J connectivity index is 1.76. The lowest BCUT2D eigenvalue weighted by atomic mass is 10.2. The fourth-order valence-electron chi connectivity index (χ4n) is 2.04. The maximum atomic E-state index is 11.8. The van der Waals surface area contributed by atoms with E-state index in [1.54, 1.807) is 24.3 Å². The molecule has 0 aliphatic carbocycles. The molecule has 4 nitrogen and oxygen atoms in total. The van der Waals surface area contributed by atoms with Gasteiger partial charge in [-0.1, -0.05) is 42.5 Å². The van der Waals surface area contributed by atoms with Crippen LogP contribution in [-0.4, -0.2) is 11.9 Å². The van der Waals surface area contributed by atoms with Gasteiger partial charge in [0.2, 0.25) is 0 Å². The Labute approximate surface area is 141 Å². The quantitative estimate of drug-likeness (QED) is 0.455. The number of para-hydroxylation sites is 2. The molecule has 2 aromatic carbocycles. The first-order chi connectivity index (χ1) is 11.6. The van der Waals surface area contributed by atoms with Crippen LogP contribution in [0.1, 0.15) is 24.0 Å². The number of rotatable bonds is 6. The van der Waals surface area contributed by atoms with E-state index >= 15 is 0 Å². The van der Waals surface area contributed by atoms with Crippen LogP contribution < -0.4 is 9.47 Å². The SMILES string of the molecule is Cc1ccccc1OC(=O)C=CCCC(=O)Oc1ccccc1C. The van der Waals surface area contributed by atoms with Gasteiger partial charge in [-0.3, -0.25) is 4.79 Å². The van der Waals surface area contributed by atoms with Crippen molar-refractivity contribution in [3.05, 3.63) is 71.8 Å². The molecule has 0 atom stereocenters. The van der Waals surface area contributed by atoms with Crippen LogP contribution in [0.25, 0.3) is 0 Å². The average Bonchev–Trinajstić information content (AvgIpc) is 2.56. The van der Waals surface area contributed by atoms with Gasteiger partial charge in [0.25, 0.3) is 0 Å². The van der Waals surface area contributed by atoms with Crippen molar-refractivity contribution in [2.75, 3.05) is 0 Å². The minimum Gasteiger partial charge on any atom is -0.426 e. The predicted octanol–water partition coefficient (Wildman–Crippen LogP) is 4.15. The summed E-state index contributed by atoms with van der Waals surface area (Å²) in [5.41, 5.74) is 1.80. The molecule has 0 radical (unpaired) electrons. The summed E-state index contributed by atoms with van der Waals surface area (Å²) in [6.45, 7) is 3.75. The highest BCUT2D eigenvalue weighted by molar-refractivity contribution is 5.84. The fourth-order valence-corrected chi connectivity index (χ4v) is 2.04. The van der Waals surface area contributed by atoms with Crippen molar-refractivity contribution in [3.8, 4) is 11.5 Å². The lowest BCUT2D eigenvalue weighted by molar-refractivity contribution is -0.134. The molecular weight excluding hydrogens is 304 g/mol. The van der Waals surface area contributed by atoms with Crippen molar-refractivity contribution in [2.24, 2.45) is 0 Å². The van der Waals surface area contributed by atoms with Crippen molar-refractivity contribution in [1.29, 1.82) is 0 Å². The average molecular weight is 324 g/mol. The minimum atomic E-state index is -0.462. The lowest BCUT2D eigenvalue weighted by Crippen LogP contribution is -2.08. The second kappa shape index (κ2) is 8.67. The summed E-state index contributed by atoms with van der Waals surface area (Å²) in [7, 11) is 0. The Morgan fingerprint density at radius 1 is 0.875 bits per heavy atom. The van der Waals surface area contributed by atoms with Crippen LogP contribution in [0.5, 0.6) is 11.5 Å². The molecule has 0 amide bonds. The van der Waals surface area contributed by atoms with Crippen LogP contribution in [0.15, 0.2) is 60.7 Å². The van der Waals surface area contributed by atoms with Gasteiger partial charge in [-0.25, -0.2) is 4.79 Å². The van der Waals surface area contributed by atoms with E-state index < -0.39 is 5.97 Å². The van der Waals surface area contributed by atoms with Gasteiger partial charge < -0.3 is 9.47 Å². The van der Waals surface area contributed by atoms with Gasteiger partial charge in [0, 0.05) is 12.5 Å². The third kappa shape index (κ3) is 5.39. The maximum Gasteiger partial charge on any atom is 0.335 e. The largest absolute Gasteiger partial charge is 0.426 e. The first-order valence-corrected chi connectivity index (χ1v) is 7.76. The molecular formula is C20H20O4. The zero-order valence-electron chi connectivity index (χ0n) is 13.8. The molecule has 0 unspecified atom stereocenters. The predicted molar refractivity (Wildman–Crippen MR) is 92.0 cm³/mol. The monoisotopic (exact) mass is 324 g/mol. The van der Waals surface area contributed by atoms with Gasteiger partial charge in [0.1, 0.15) is 11.5 Å². The summed E-state index contributed by atoms with van der Waals surface area (Å²) in [6, 6.07) is 14.6. The normalized spacial score (nSPS) is 10.6. The zero-order chi connectivity index (χ0) is 17.4. The van der Waals surface area contributed by atoms with Crippen LogP contribution in [0.2, 0.25) is 0 Å². The fraction of sp³-hybridized carbons (Fsp3) is 0.200. The third-order valence-corrected chi connectivity index (χ3v) is 3.39. The highest BCUT2D eigenvalue weighted by Crippen LogP contribution is 2.17. The second-order valence-electron chi connectivity index (χ2n) is 5.37. The van der Waals surface area contributed by atoms with Crippen molar-refractivity contribution in [3.63, 3.8) is 0 Å². The van der Waals surface area contributed by atoms with Gasteiger partial charge in [0.05, 0.1) is 0 Å². The number of carbonyl (C=O) groups excluding carboxylic acids is 2. The summed E-state index contributed by atoms with van der Waals surface area (Å²) in [5.74, 6) is 0.300. The maximum absolute atomic E-state index is 11.8. The number of hydrogen-bond donors (Lipinski definition) is 0. The summed E-state index contributed by atoms with van der Waals surface area (Å²) in [5, 5.41) is 0. The molecule has 0 N–H and O–H groups in total. The third-order valence-electron chi connectivity index (χ3n) is 3.39.